The molecule has 8 heteroatoms. The summed E-state index contributed by atoms with van der Waals surface area (Å²) in [5.41, 5.74) is 6.01. The lowest BCUT2D eigenvalue weighted by Crippen LogP contribution is -2.37. The highest BCUT2D eigenvalue weighted by Crippen LogP contribution is 2.11. The SMILES string of the molecule is NC(=O)[C@H](CNS(=O)(=O)c1cccnc1)Cc1ccc(F)cc1. The summed E-state index contributed by atoms with van der Waals surface area (Å²) in [5.74, 6) is -1.77. The predicted molar refractivity (Wildman–Crippen MR) is 82.2 cm³/mol. The van der Waals surface area contributed by atoms with Crippen molar-refractivity contribution in [3.63, 3.8) is 0 Å². The molecule has 23 heavy (non-hydrogen) atoms. The number of halogens is 1. The quantitative estimate of drug-likeness (QED) is 0.781. The number of hydrogen-bond acceptors (Lipinski definition) is 4. The van der Waals surface area contributed by atoms with Crippen LogP contribution in [-0.2, 0) is 21.2 Å². The minimum Gasteiger partial charge on any atom is -0.369 e. The van der Waals surface area contributed by atoms with E-state index < -0.39 is 21.8 Å². The standard InChI is InChI=1S/C15H16FN3O3S/c16-13-5-3-11(4-6-13)8-12(15(17)20)9-19-23(21,22)14-2-1-7-18-10-14/h1-7,10,12,19H,8-9H2,(H2,17,20)/t12-/m0/s1. The van der Waals surface area contributed by atoms with Gasteiger partial charge in [0, 0.05) is 18.9 Å². The van der Waals surface area contributed by atoms with Crippen molar-refractivity contribution in [2.45, 2.75) is 11.3 Å². The highest BCUT2D eigenvalue weighted by Gasteiger charge is 2.21. The Balaban J connectivity index is 2.05. The van der Waals surface area contributed by atoms with E-state index in [0.29, 0.717) is 5.56 Å². The van der Waals surface area contributed by atoms with Crippen LogP contribution in [-0.4, -0.2) is 25.9 Å². The van der Waals surface area contributed by atoms with Crippen LogP contribution < -0.4 is 10.5 Å². The Bertz CT molecular complexity index is 764. The molecule has 0 aliphatic heterocycles. The van der Waals surface area contributed by atoms with Crippen molar-refractivity contribution in [1.82, 2.24) is 9.71 Å². The summed E-state index contributed by atoms with van der Waals surface area (Å²) >= 11 is 0. The zero-order chi connectivity index (χ0) is 16.9. The average molecular weight is 337 g/mol. The number of carbonyl (C=O) groups is 1. The van der Waals surface area contributed by atoms with Crippen LogP contribution in [0.15, 0.2) is 53.7 Å². The minimum atomic E-state index is -3.77. The number of nitrogens with zero attached hydrogens (tertiary/aromatic N) is 1. The minimum absolute atomic E-state index is 0.00463. The fourth-order valence-corrected chi connectivity index (χ4v) is 3.02. The van der Waals surface area contributed by atoms with Gasteiger partial charge in [-0.05, 0) is 36.2 Å². The van der Waals surface area contributed by atoms with E-state index >= 15 is 0 Å². The Labute approximate surface area is 133 Å². The van der Waals surface area contributed by atoms with Gasteiger partial charge in [-0.2, -0.15) is 0 Å². The molecule has 0 radical (unpaired) electrons. The van der Waals surface area contributed by atoms with Crippen LogP contribution in [0.25, 0.3) is 0 Å². The maximum absolute atomic E-state index is 12.9. The molecule has 0 unspecified atom stereocenters. The molecule has 2 rings (SSSR count). The van der Waals surface area contributed by atoms with E-state index in [0.717, 1.165) is 0 Å². The fourth-order valence-electron chi connectivity index (χ4n) is 1.98. The van der Waals surface area contributed by atoms with Crippen molar-refractivity contribution in [1.29, 1.82) is 0 Å². The Hall–Kier alpha value is -2.32. The summed E-state index contributed by atoms with van der Waals surface area (Å²) in [6.07, 6.45) is 2.88. The number of sulfonamides is 1. The molecule has 1 atom stereocenters. The number of rotatable bonds is 7. The van der Waals surface area contributed by atoms with E-state index in [-0.39, 0.29) is 23.7 Å². The highest BCUT2D eigenvalue weighted by molar-refractivity contribution is 7.89. The molecule has 3 N–H and O–H groups in total. The number of nitrogens with two attached hydrogens (primary N) is 1. The first-order valence-electron chi connectivity index (χ1n) is 6.82. The molecule has 6 nitrogen and oxygen atoms in total. The topological polar surface area (TPSA) is 102 Å². The van der Waals surface area contributed by atoms with Gasteiger partial charge >= 0.3 is 0 Å². The van der Waals surface area contributed by atoms with Gasteiger partial charge in [-0.3, -0.25) is 9.78 Å². The lowest BCUT2D eigenvalue weighted by molar-refractivity contribution is -0.121. The van der Waals surface area contributed by atoms with Gasteiger partial charge in [0.2, 0.25) is 15.9 Å². The highest BCUT2D eigenvalue weighted by atomic mass is 32.2. The summed E-state index contributed by atoms with van der Waals surface area (Å²) in [4.78, 5) is 15.3. The number of hydrogen-bond donors (Lipinski definition) is 2. The third-order valence-corrected chi connectivity index (χ3v) is 4.67. The second kappa shape index (κ2) is 7.30. The van der Waals surface area contributed by atoms with E-state index in [1.54, 1.807) is 0 Å². The fraction of sp³-hybridized carbons (Fsp3) is 0.200. The van der Waals surface area contributed by atoms with E-state index in [1.807, 2.05) is 0 Å². The van der Waals surface area contributed by atoms with E-state index in [9.17, 15) is 17.6 Å². The number of pyridine rings is 1. The molecule has 0 saturated carbocycles. The molecular weight excluding hydrogens is 321 g/mol. The molecule has 122 valence electrons. The zero-order valence-electron chi connectivity index (χ0n) is 12.1. The second-order valence-electron chi connectivity index (χ2n) is 4.97. The number of benzene rings is 1. The lowest BCUT2D eigenvalue weighted by Gasteiger charge is -2.14. The molecule has 2 aromatic rings. The molecule has 0 saturated heterocycles. The van der Waals surface area contributed by atoms with Crippen LogP contribution in [0.4, 0.5) is 4.39 Å². The van der Waals surface area contributed by atoms with Gasteiger partial charge in [0.15, 0.2) is 0 Å². The maximum atomic E-state index is 12.9. The molecule has 1 aromatic heterocycles. The first-order chi connectivity index (χ1) is 10.9. The van der Waals surface area contributed by atoms with Gasteiger partial charge < -0.3 is 5.73 Å². The van der Waals surface area contributed by atoms with Gasteiger partial charge in [-0.25, -0.2) is 17.5 Å². The van der Waals surface area contributed by atoms with Crippen LogP contribution in [0.2, 0.25) is 0 Å². The molecule has 1 amide bonds. The van der Waals surface area contributed by atoms with E-state index in [2.05, 4.69) is 9.71 Å². The van der Waals surface area contributed by atoms with Crippen LogP contribution in [0, 0.1) is 11.7 Å². The van der Waals surface area contributed by atoms with Crippen LogP contribution in [0.3, 0.4) is 0 Å². The van der Waals surface area contributed by atoms with Crippen molar-refractivity contribution in [3.8, 4) is 0 Å². The largest absolute Gasteiger partial charge is 0.369 e. The smallest absolute Gasteiger partial charge is 0.242 e. The van der Waals surface area contributed by atoms with E-state index in [1.165, 1.54) is 48.8 Å². The van der Waals surface area contributed by atoms with Crippen molar-refractivity contribution >= 4 is 15.9 Å². The van der Waals surface area contributed by atoms with E-state index in [4.69, 9.17) is 5.73 Å². The Morgan fingerprint density at radius 1 is 1.26 bits per heavy atom. The van der Waals surface area contributed by atoms with Crippen molar-refractivity contribution in [3.05, 3.63) is 60.2 Å². The van der Waals surface area contributed by atoms with Gasteiger partial charge in [0.05, 0.1) is 5.92 Å². The summed E-state index contributed by atoms with van der Waals surface area (Å²) in [7, 11) is -3.77. The van der Waals surface area contributed by atoms with Crippen molar-refractivity contribution in [2.75, 3.05) is 6.54 Å². The summed E-state index contributed by atoms with van der Waals surface area (Å²) in [5, 5.41) is 0. The molecule has 1 heterocycles. The van der Waals surface area contributed by atoms with Gasteiger partial charge in [0.1, 0.15) is 10.7 Å². The maximum Gasteiger partial charge on any atom is 0.242 e. The summed E-state index contributed by atoms with van der Waals surface area (Å²) < 4.78 is 39.4. The third kappa shape index (κ3) is 4.83. The number of carbonyl (C=O) groups excluding carboxylic acids is 1. The number of nitrogens with one attached hydrogen (secondary N) is 1. The summed E-state index contributed by atoms with van der Waals surface area (Å²) in [6, 6.07) is 8.50. The third-order valence-electron chi connectivity index (χ3n) is 3.26. The van der Waals surface area contributed by atoms with Crippen LogP contribution >= 0.6 is 0 Å². The number of primary amides is 1. The molecular formula is C15H16FN3O3S. The molecule has 0 fully saturated rings. The van der Waals surface area contributed by atoms with Crippen molar-refractivity contribution < 1.29 is 17.6 Å². The lowest BCUT2D eigenvalue weighted by atomic mass is 9.99. The first kappa shape index (κ1) is 17.0. The number of amides is 1. The number of aromatic nitrogens is 1. The first-order valence-corrected chi connectivity index (χ1v) is 8.30. The monoisotopic (exact) mass is 337 g/mol. The van der Waals surface area contributed by atoms with Crippen molar-refractivity contribution in [2.24, 2.45) is 11.7 Å². The molecule has 0 bridgehead atoms. The molecule has 0 aliphatic carbocycles. The Morgan fingerprint density at radius 2 is 1.96 bits per heavy atom. The molecule has 0 spiro atoms. The second-order valence-corrected chi connectivity index (χ2v) is 6.74. The molecule has 1 aromatic carbocycles. The Kier molecular flexibility index (Phi) is 5.41. The summed E-state index contributed by atoms with van der Waals surface area (Å²) in [6.45, 7) is -0.149. The zero-order valence-corrected chi connectivity index (χ0v) is 13.0. The van der Waals surface area contributed by atoms with Gasteiger partial charge in [-0.1, -0.05) is 12.1 Å². The van der Waals surface area contributed by atoms with Crippen LogP contribution in [0.5, 0.6) is 0 Å². The van der Waals surface area contributed by atoms with Gasteiger partial charge in [-0.15, -0.1) is 0 Å². The predicted octanol–water partition coefficient (Wildman–Crippen LogP) is 0.843. The van der Waals surface area contributed by atoms with Gasteiger partial charge in [0.25, 0.3) is 0 Å². The average Bonchev–Trinajstić information content (AvgIpc) is 2.54. The Morgan fingerprint density at radius 3 is 2.52 bits per heavy atom. The van der Waals surface area contributed by atoms with Crippen LogP contribution in [0.1, 0.15) is 5.56 Å². The molecule has 0 aliphatic rings. The normalized spacial score (nSPS) is 12.7.